The van der Waals surface area contributed by atoms with E-state index in [9.17, 15) is 4.79 Å². The van der Waals surface area contributed by atoms with E-state index in [4.69, 9.17) is 10.5 Å². The number of ether oxygens (including phenoxy) is 1. The predicted molar refractivity (Wildman–Crippen MR) is 44.6 cm³/mol. The molecular formula is C10H13NO2. The van der Waals surface area contributed by atoms with Crippen LogP contribution in [-0.2, 0) is 9.53 Å². The second-order valence-corrected chi connectivity index (χ2v) is 5.32. The smallest absolute Gasteiger partial charge is 0.312 e. The number of fused-ring (bicyclic) bond motifs is 2. The van der Waals surface area contributed by atoms with Crippen LogP contribution in [-0.4, -0.2) is 18.6 Å². The van der Waals surface area contributed by atoms with Gasteiger partial charge in [-0.25, -0.2) is 0 Å². The van der Waals surface area contributed by atoms with Gasteiger partial charge in [0.25, 0.3) is 0 Å². The Kier molecular flexibility index (Phi) is 0.753. The zero-order valence-corrected chi connectivity index (χ0v) is 7.62. The Morgan fingerprint density at radius 1 is 1.38 bits per heavy atom. The molecule has 4 rings (SSSR count). The molecule has 0 aromatic heterocycles. The van der Waals surface area contributed by atoms with Crippen molar-refractivity contribution < 1.29 is 9.53 Å². The van der Waals surface area contributed by atoms with Crippen molar-refractivity contribution >= 4 is 5.97 Å². The predicted octanol–water partition coefficient (Wildman–Crippen LogP) is 0.143. The van der Waals surface area contributed by atoms with Gasteiger partial charge in [-0.2, -0.15) is 0 Å². The fourth-order valence-corrected chi connectivity index (χ4v) is 4.99. The van der Waals surface area contributed by atoms with Gasteiger partial charge in [-0.05, 0) is 36.5 Å². The average molecular weight is 179 g/mol. The summed E-state index contributed by atoms with van der Waals surface area (Å²) in [6, 6.07) is 0. The molecule has 3 nitrogen and oxygen atoms in total. The van der Waals surface area contributed by atoms with Crippen LogP contribution in [0.4, 0.5) is 0 Å². The van der Waals surface area contributed by atoms with Gasteiger partial charge in [0.1, 0.15) is 0 Å². The SMILES string of the molecule is COC(=O)C12CC3C1C1C2CC31N. The highest BCUT2D eigenvalue weighted by Crippen LogP contribution is 2.90. The molecule has 6 unspecified atom stereocenters. The fourth-order valence-electron chi connectivity index (χ4n) is 4.99. The molecule has 0 saturated heterocycles. The van der Waals surface area contributed by atoms with Crippen molar-refractivity contribution in [1.82, 2.24) is 0 Å². The number of rotatable bonds is 1. The third-order valence-electron chi connectivity index (χ3n) is 5.52. The van der Waals surface area contributed by atoms with Crippen LogP contribution >= 0.6 is 0 Å². The molecule has 4 saturated carbocycles. The first-order valence-electron chi connectivity index (χ1n) is 5.03. The first-order chi connectivity index (χ1) is 6.16. The van der Waals surface area contributed by atoms with Crippen LogP contribution in [0.3, 0.4) is 0 Å². The quantitative estimate of drug-likeness (QED) is 0.583. The third kappa shape index (κ3) is 0.356. The molecule has 2 N–H and O–H groups in total. The van der Waals surface area contributed by atoms with Crippen molar-refractivity contribution in [1.29, 1.82) is 0 Å². The number of nitrogens with two attached hydrogens (primary N) is 1. The van der Waals surface area contributed by atoms with Gasteiger partial charge >= 0.3 is 5.97 Å². The Labute approximate surface area is 76.6 Å². The second kappa shape index (κ2) is 1.44. The fraction of sp³-hybridized carbons (Fsp3) is 0.900. The van der Waals surface area contributed by atoms with Crippen LogP contribution in [0.15, 0.2) is 0 Å². The molecule has 70 valence electrons. The van der Waals surface area contributed by atoms with E-state index in [0.29, 0.717) is 23.7 Å². The molecule has 0 bridgehead atoms. The monoisotopic (exact) mass is 179 g/mol. The molecule has 4 fully saturated rings. The van der Waals surface area contributed by atoms with Gasteiger partial charge in [-0.3, -0.25) is 4.79 Å². The first kappa shape index (κ1) is 6.82. The van der Waals surface area contributed by atoms with Gasteiger partial charge in [0.05, 0.1) is 12.5 Å². The normalized spacial score (nSPS) is 69.1. The highest BCUT2D eigenvalue weighted by atomic mass is 16.5. The summed E-state index contributed by atoms with van der Waals surface area (Å²) in [7, 11) is 1.50. The standard InChI is InChI=1S/C10H13NO2/c1-13-8(12)9-2-5-6(9)7-4(9)3-10(5,7)11/h4-7H,2-3,11H2,1H3. The van der Waals surface area contributed by atoms with Gasteiger partial charge in [-0.1, -0.05) is 0 Å². The van der Waals surface area contributed by atoms with Gasteiger partial charge in [0, 0.05) is 5.54 Å². The second-order valence-electron chi connectivity index (χ2n) is 5.32. The van der Waals surface area contributed by atoms with E-state index in [0.717, 1.165) is 12.8 Å². The summed E-state index contributed by atoms with van der Waals surface area (Å²) in [5.74, 6) is 2.58. The minimum Gasteiger partial charge on any atom is -0.469 e. The molecule has 0 heterocycles. The number of methoxy groups -OCH3 is 1. The Morgan fingerprint density at radius 2 is 2.15 bits per heavy atom. The van der Waals surface area contributed by atoms with Gasteiger partial charge < -0.3 is 10.5 Å². The summed E-state index contributed by atoms with van der Waals surface area (Å²) in [5.41, 5.74) is 6.31. The maximum absolute atomic E-state index is 11.6. The number of carbonyl (C=O) groups excluding carboxylic acids is 1. The lowest BCUT2D eigenvalue weighted by Gasteiger charge is -2.92. The third-order valence-corrected chi connectivity index (χ3v) is 5.52. The van der Waals surface area contributed by atoms with Crippen LogP contribution in [0.25, 0.3) is 0 Å². The zero-order chi connectivity index (χ0) is 9.01. The molecule has 0 aliphatic heterocycles. The first-order valence-corrected chi connectivity index (χ1v) is 5.03. The van der Waals surface area contributed by atoms with Gasteiger partial charge in [0.15, 0.2) is 0 Å². The van der Waals surface area contributed by atoms with Crippen molar-refractivity contribution in [2.24, 2.45) is 34.8 Å². The summed E-state index contributed by atoms with van der Waals surface area (Å²) in [5, 5.41) is 0. The van der Waals surface area contributed by atoms with Crippen LogP contribution in [0, 0.1) is 29.1 Å². The molecule has 0 spiro atoms. The lowest BCUT2D eigenvalue weighted by molar-refractivity contribution is -0.422. The van der Waals surface area contributed by atoms with Crippen molar-refractivity contribution in [3.8, 4) is 0 Å². The molecule has 6 atom stereocenters. The number of hydrogen-bond donors (Lipinski definition) is 1. The number of esters is 1. The van der Waals surface area contributed by atoms with Crippen LogP contribution in [0.1, 0.15) is 12.8 Å². The van der Waals surface area contributed by atoms with Crippen molar-refractivity contribution in [2.75, 3.05) is 7.11 Å². The average Bonchev–Trinajstić information content (AvgIpc) is 2.12. The van der Waals surface area contributed by atoms with E-state index >= 15 is 0 Å². The van der Waals surface area contributed by atoms with Crippen LogP contribution in [0.2, 0.25) is 0 Å². The maximum atomic E-state index is 11.6. The molecule has 4 aliphatic carbocycles. The van der Waals surface area contributed by atoms with Crippen molar-refractivity contribution in [3.63, 3.8) is 0 Å². The van der Waals surface area contributed by atoms with Crippen molar-refractivity contribution in [2.45, 2.75) is 18.4 Å². The minimum atomic E-state index is -0.0504. The lowest BCUT2D eigenvalue weighted by Crippen LogP contribution is -2.98. The van der Waals surface area contributed by atoms with E-state index < -0.39 is 0 Å². The Balaban J connectivity index is 1.74. The van der Waals surface area contributed by atoms with Crippen molar-refractivity contribution in [3.05, 3.63) is 0 Å². The van der Waals surface area contributed by atoms with Gasteiger partial charge in [0.2, 0.25) is 0 Å². The minimum absolute atomic E-state index is 0.0387. The molecule has 0 amide bonds. The molecule has 0 aromatic rings. The topological polar surface area (TPSA) is 52.3 Å². The van der Waals surface area contributed by atoms with E-state index in [1.165, 1.54) is 7.11 Å². The molecule has 13 heavy (non-hydrogen) atoms. The lowest BCUT2D eigenvalue weighted by atomic mass is 9.12. The Morgan fingerprint density at radius 3 is 2.54 bits per heavy atom. The Hall–Kier alpha value is -0.570. The Bertz CT molecular complexity index is 324. The van der Waals surface area contributed by atoms with Crippen LogP contribution in [0.5, 0.6) is 0 Å². The van der Waals surface area contributed by atoms with E-state index in [-0.39, 0.29) is 16.9 Å². The summed E-state index contributed by atoms with van der Waals surface area (Å²) in [4.78, 5) is 11.6. The summed E-state index contributed by atoms with van der Waals surface area (Å²) in [6.45, 7) is 0. The molecule has 0 aromatic carbocycles. The largest absolute Gasteiger partial charge is 0.469 e. The number of carbonyl (C=O) groups is 1. The highest BCUT2D eigenvalue weighted by Gasteiger charge is 2.94. The molecular weight excluding hydrogens is 166 g/mol. The maximum Gasteiger partial charge on any atom is 0.312 e. The van der Waals surface area contributed by atoms with E-state index in [1.807, 2.05) is 0 Å². The van der Waals surface area contributed by atoms with Gasteiger partial charge in [-0.15, -0.1) is 0 Å². The molecule has 3 heteroatoms. The summed E-state index contributed by atoms with van der Waals surface area (Å²) >= 11 is 0. The highest BCUT2D eigenvalue weighted by molar-refractivity contribution is 5.83. The summed E-state index contributed by atoms with van der Waals surface area (Å²) in [6.07, 6.45) is 2.09. The summed E-state index contributed by atoms with van der Waals surface area (Å²) < 4.78 is 4.90. The molecule has 4 aliphatic rings. The zero-order valence-electron chi connectivity index (χ0n) is 7.62. The molecule has 0 radical (unpaired) electrons. The van der Waals surface area contributed by atoms with Crippen LogP contribution < -0.4 is 5.73 Å². The van der Waals surface area contributed by atoms with E-state index in [1.54, 1.807) is 0 Å². The van der Waals surface area contributed by atoms with E-state index in [2.05, 4.69) is 0 Å². The number of hydrogen-bond acceptors (Lipinski definition) is 3.